The second-order valence-corrected chi connectivity index (χ2v) is 5.00. The molecule has 0 aromatic carbocycles. The van der Waals surface area contributed by atoms with Crippen LogP contribution in [-0.2, 0) is 4.74 Å². The van der Waals surface area contributed by atoms with E-state index in [1.807, 2.05) is 0 Å². The first kappa shape index (κ1) is 9.13. The van der Waals surface area contributed by atoms with Gasteiger partial charge in [-0.1, -0.05) is 0 Å². The van der Waals surface area contributed by atoms with E-state index in [0.717, 1.165) is 32.0 Å². The highest BCUT2D eigenvalue weighted by molar-refractivity contribution is 4.95. The van der Waals surface area contributed by atoms with Crippen LogP contribution in [-0.4, -0.2) is 47.4 Å². The second-order valence-electron chi connectivity index (χ2n) is 5.00. The lowest BCUT2D eigenvalue weighted by atomic mass is 9.91. The van der Waals surface area contributed by atoms with Gasteiger partial charge in [0.1, 0.15) is 0 Å². The Kier molecular flexibility index (Phi) is 2.26. The fraction of sp³-hybridized carbons (Fsp3) is 1.00. The molecular weight excluding hydrogens is 178 g/mol. The number of likely N-dealkylation sites (tertiary alicyclic amines) is 1. The van der Waals surface area contributed by atoms with Crippen LogP contribution in [0.25, 0.3) is 0 Å². The smallest absolute Gasteiger partial charge is 0.0718 e. The second kappa shape index (κ2) is 3.47. The minimum absolute atomic E-state index is 0.0257. The van der Waals surface area contributed by atoms with Gasteiger partial charge >= 0.3 is 0 Å². The zero-order chi connectivity index (χ0) is 9.54. The fourth-order valence-electron chi connectivity index (χ4n) is 3.27. The quantitative estimate of drug-likeness (QED) is 0.673. The van der Waals surface area contributed by atoms with E-state index in [9.17, 15) is 5.11 Å². The summed E-state index contributed by atoms with van der Waals surface area (Å²) in [7, 11) is 0. The van der Waals surface area contributed by atoms with Crippen LogP contribution < -0.4 is 0 Å². The molecule has 14 heavy (non-hydrogen) atoms. The van der Waals surface area contributed by atoms with Crippen molar-refractivity contribution in [3.63, 3.8) is 0 Å². The molecular formula is C11H19NO2. The largest absolute Gasteiger partial charge is 0.393 e. The average molecular weight is 197 g/mol. The number of ether oxygens (including phenoxy) is 1. The van der Waals surface area contributed by atoms with Crippen LogP contribution in [0.1, 0.15) is 32.1 Å². The van der Waals surface area contributed by atoms with Crippen molar-refractivity contribution < 1.29 is 9.84 Å². The van der Waals surface area contributed by atoms with Crippen LogP contribution >= 0.6 is 0 Å². The maximum atomic E-state index is 9.46. The third-order valence-electron chi connectivity index (χ3n) is 4.08. The van der Waals surface area contributed by atoms with Gasteiger partial charge in [0.2, 0.25) is 0 Å². The van der Waals surface area contributed by atoms with Crippen LogP contribution in [0.5, 0.6) is 0 Å². The Balaban J connectivity index is 1.61. The highest BCUT2D eigenvalue weighted by Gasteiger charge is 2.42. The lowest BCUT2D eigenvalue weighted by molar-refractivity contribution is -0.00726. The van der Waals surface area contributed by atoms with Gasteiger partial charge in [-0.25, -0.2) is 0 Å². The number of morpholine rings is 1. The zero-order valence-electron chi connectivity index (χ0n) is 8.56. The molecule has 2 aliphatic heterocycles. The van der Waals surface area contributed by atoms with E-state index in [0.29, 0.717) is 12.1 Å². The van der Waals surface area contributed by atoms with Crippen molar-refractivity contribution >= 4 is 0 Å². The number of fused-ring (bicyclic) bond motifs is 2. The van der Waals surface area contributed by atoms with Crippen LogP contribution in [0, 0.1) is 0 Å². The number of rotatable bonds is 1. The van der Waals surface area contributed by atoms with E-state index in [1.165, 1.54) is 19.3 Å². The summed E-state index contributed by atoms with van der Waals surface area (Å²) in [5, 5.41) is 9.46. The van der Waals surface area contributed by atoms with E-state index in [4.69, 9.17) is 4.74 Å². The summed E-state index contributed by atoms with van der Waals surface area (Å²) < 4.78 is 5.60. The molecule has 0 aromatic heterocycles. The molecule has 3 fully saturated rings. The van der Waals surface area contributed by atoms with E-state index >= 15 is 0 Å². The van der Waals surface area contributed by atoms with Crippen molar-refractivity contribution in [1.82, 2.24) is 4.90 Å². The molecule has 3 heteroatoms. The first-order valence-corrected chi connectivity index (χ1v) is 5.88. The third-order valence-corrected chi connectivity index (χ3v) is 4.08. The number of hydrogen-bond acceptors (Lipinski definition) is 3. The lowest BCUT2D eigenvalue weighted by Crippen LogP contribution is -2.46. The number of hydrogen-bond donors (Lipinski definition) is 1. The van der Waals surface area contributed by atoms with Gasteiger partial charge in [-0.05, 0) is 32.1 Å². The first-order chi connectivity index (χ1) is 6.83. The molecule has 1 N–H and O–H groups in total. The molecule has 3 nitrogen and oxygen atoms in total. The van der Waals surface area contributed by atoms with Crippen molar-refractivity contribution in [3.8, 4) is 0 Å². The molecule has 0 spiro atoms. The molecule has 80 valence electrons. The topological polar surface area (TPSA) is 32.7 Å². The first-order valence-electron chi connectivity index (χ1n) is 5.88. The SMILES string of the molecule is OC1CCC(N2CC3CC2CO3)CC1. The Morgan fingerprint density at radius 3 is 2.43 bits per heavy atom. The Hall–Kier alpha value is -0.120. The van der Waals surface area contributed by atoms with E-state index in [1.54, 1.807) is 0 Å². The summed E-state index contributed by atoms with van der Waals surface area (Å²) in [4.78, 5) is 2.64. The summed E-state index contributed by atoms with van der Waals surface area (Å²) >= 11 is 0. The van der Waals surface area contributed by atoms with Gasteiger partial charge in [-0.2, -0.15) is 0 Å². The summed E-state index contributed by atoms with van der Waals surface area (Å²) in [5.41, 5.74) is 0. The molecule has 3 aliphatic rings. The summed E-state index contributed by atoms with van der Waals surface area (Å²) in [5.74, 6) is 0. The van der Waals surface area contributed by atoms with Gasteiger partial charge in [0.05, 0.1) is 18.8 Å². The minimum Gasteiger partial charge on any atom is -0.393 e. The van der Waals surface area contributed by atoms with Crippen LogP contribution in [0.15, 0.2) is 0 Å². The van der Waals surface area contributed by atoms with Crippen LogP contribution in [0.4, 0.5) is 0 Å². The molecule has 2 atom stereocenters. The fourth-order valence-corrected chi connectivity index (χ4v) is 3.27. The van der Waals surface area contributed by atoms with Crippen molar-refractivity contribution in [1.29, 1.82) is 0 Å². The molecule has 0 aromatic rings. The molecule has 2 heterocycles. The summed E-state index contributed by atoms with van der Waals surface area (Å²) in [6, 6.07) is 1.43. The summed E-state index contributed by atoms with van der Waals surface area (Å²) in [6.45, 7) is 2.09. The maximum absolute atomic E-state index is 9.46. The Morgan fingerprint density at radius 1 is 1.07 bits per heavy atom. The van der Waals surface area contributed by atoms with Gasteiger partial charge in [-0.3, -0.25) is 4.90 Å². The Morgan fingerprint density at radius 2 is 1.86 bits per heavy atom. The molecule has 0 amide bonds. The van der Waals surface area contributed by atoms with Crippen LogP contribution in [0.2, 0.25) is 0 Å². The molecule has 2 bridgehead atoms. The third kappa shape index (κ3) is 1.47. The highest BCUT2D eigenvalue weighted by Crippen LogP contribution is 2.34. The Labute approximate surface area is 85.0 Å². The molecule has 2 saturated heterocycles. The van der Waals surface area contributed by atoms with E-state index < -0.39 is 0 Å². The van der Waals surface area contributed by atoms with Gasteiger partial charge < -0.3 is 9.84 Å². The number of aliphatic hydroxyl groups is 1. The molecule has 3 rings (SSSR count). The number of aliphatic hydroxyl groups excluding tert-OH is 1. The van der Waals surface area contributed by atoms with Crippen molar-refractivity contribution in [2.75, 3.05) is 13.2 Å². The van der Waals surface area contributed by atoms with Gasteiger partial charge in [-0.15, -0.1) is 0 Å². The minimum atomic E-state index is -0.0257. The van der Waals surface area contributed by atoms with Crippen molar-refractivity contribution in [2.45, 2.75) is 56.4 Å². The van der Waals surface area contributed by atoms with Gasteiger partial charge in [0.25, 0.3) is 0 Å². The normalized spacial score (nSPS) is 48.6. The van der Waals surface area contributed by atoms with Crippen LogP contribution in [0.3, 0.4) is 0 Å². The maximum Gasteiger partial charge on any atom is 0.0718 e. The molecule has 2 unspecified atom stereocenters. The van der Waals surface area contributed by atoms with E-state index in [-0.39, 0.29) is 6.10 Å². The van der Waals surface area contributed by atoms with Crippen molar-refractivity contribution in [3.05, 3.63) is 0 Å². The van der Waals surface area contributed by atoms with Gasteiger partial charge in [0, 0.05) is 18.6 Å². The molecule has 0 radical (unpaired) electrons. The lowest BCUT2D eigenvalue weighted by Gasteiger charge is -2.38. The number of nitrogens with zero attached hydrogens (tertiary/aromatic N) is 1. The van der Waals surface area contributed by atoms with E-state index in [2.05, 4.69) is 4.90 Å². The summed E-state index contributed by atoms with van der Waals surface area (Å²) in [6.07, 6.45) is 6.11. The average Bonchev–Trinajstić information content (AvgIpc) is 2.80. The van der Waals surface area contributed by atoms with Gasteiger partial charge in [0.15, 0.2) is 0 Å². The predicted molar refractivity (Wildman–Crippen MR) is 53.1 cm³/mol. The standard InChI is InChI=1S/C11H19NO2/c13-10-3-1-8(2-4-10)12-6-11-5-9(12)7-14-11/h8-11,13H,1-7H2. The molecule has 1 aliphatic carbocycles. The monoisotopic (exact) mass is 197 g/mol. The zero-order valence-corrected chi connectivity index (χ0v) is 8.56. The predicted octanol–water partition coefficient (Wildman–Crippen LogP) is 0.763. The Bertz CT molecular complexity index is 213. The highest BCUT2D eigenvalue weighted by atomic mass is 16.5. The molecule has 1 saturated carbocycles. The van der Waals surface area contributed by atoms with Crippen molar-refractivity contribution in [2.24, 2.45) is 0 Å².